The van der Waals surface area contributed by atoms with E-state index in [9.17, 15) is 9.90 Å². The molecule has 1 saturated heterocycles. The lowest BCUT2D eigenvalue weighted by Crippen LogP contribution is -2.50. The van der Waals surface area contributed by atoms with Gasteiger partial charge in [-0.3, -0.25) is 9.69 Å². The molecule has 1 unspecified atom stereocenters. The fourth-order valence-corrected chi connectivity index (χ4v) is 3.03. The van der Waals surface area contributed by atoms with Crippen LogP contribution in [-0.2, 0) is 0 Å². The molecular weight excluding hydrogens is 306 g/mol. The van der Waals surface area contributed by atoms with Crippen LogP contribution in [0.25, 0.3) is 11.5 Å². The summed E-state index contributed by atoms with van der Waals surface area (Å²) in [5.41, 5.74) is 2.07. The monoisotopic (exact) mass is 329 g/mol. The second-order valence-electron chi connectivity index (χ2n) is 6.25. The molecule has 0 aromatic carbocycles. The van der Waals surface area contributed by atoms with Crippen LogP contribution in [0.4, 0.5) is 0 Å². The normalized spacial score (nSPS) is 17.0. The smallest absolute Gasteiger partial charge is 0.255 e. The molecule has 3 rings (SSSR count). The molecule has 2 aromatic rings. The number of nitrogens with zero attached hydrogens (tertiary/aromatic N) is 3. The first kappa shape index (κ1) is 16.7. The Kier molecular flexibility index (Phi) is 4.97. The summed E-state index contributed by atoms with van der Waals surface area (Å²) < 4.78 is 5.35. The van der Waals surface area contributed by atoms with E-state index in [1.54, 1.807) is 13.2 Å². The molecule has 1 aliphatic rings. The Hall–Kier alpha value is -2.18. The Morgan fingerprint density at radius 1 is 1.29 bits per heavy atom. The van der Waals surface area contributed by atoms with E-state index in [4.69, 9.17) is 4.42 Å². The van der Waals surface area contributed by atoms with Crippen LogP contribution in [0.15, 0.2) is 34.9 Å². The first-order chi connectivity index (χ1) is 11.5. The molecule has 1 fully saturated rings. The van der Waals surface area contributed by atoms with Crippen LogP contribution < -0.4 is 0 Å². The number of β-amino-alcohol motifs (C(OH)–C–C–N with tert-alkyl or cyclic N) is 1. The van der Waals surface area contributed by atoms with Gasteiger partial charge >= 0.3 is 0 Å². The number of carbonyl (C=O) groups is 1. The van der Waals surface area contributed by atoms with E-state index in [-0.39, 0.29) is 12.0 Å². The fourth-order valence-electron chi connectivity index (χ4n) is 3.03. The standard InChI is InChI=1S/C18H23N3O3/c1-13(22)12-20-7-9-21(10-8-20)18(23)15-5-6-16(19-14(15)2)17-4-3-11-24-17/h3-6,11,13,22H,7-10,12H2,1-2H3. The number of hydrogen-bond acceptors (Lipinski definition) is 5. The highest BCUT2D eigenvalue weighted by atomic mass is 16.3. The van der Waals surface area contributed by atoms with Crippen molar-refractivity contribution in [3.05, 3.63) is 41.8 Å². The van der Waals surface area contributed by atoms with Crippen molar-refractivity contribution in [2.45, 2.75) is 20.0 Å². The van der Waals surface area contributed by atoms with Crippen LogP contribution in [-0.4, -0.2) is 64.6 Å². The van der Waals surface area contributed by atoms with Crippen molar-refractivity contribution < 1.29 is 14.3 Å². The quantitative estimate of drug-likeness (QED) is 0.926. The largest absolute Gasteiger partial charge is 0.463 e. The highest BCUT2D eigenvalue weighted by Crippen LogP contribution is 2.20. The van der Waals surface area contributed by atoms with Gasteiger partial charge in [0.1, 0.15) is 5.69 Å². The molecule has 1 atom stereocenters. The number of aliphatic hydroxyl groups excluding tert-OH is 1. The highest BCUT2D eigenvalue weighted by Gasteiger charge is 2.24. The predicted molar refractivity (Wildman–Crippen MR) is 90.7 cm³/mol. The minimum Gasteiger partial charge on any atom is -0.463 e. The van der Waals surface area contributed by atoms with Crippen molar-refractivity contribution in [1.82, 2.24) is 14.8 Å². The third-order valence-corrected chi connectivity index (χ3v) is 4.27. The number of hydrogen-bond donors (Lipinski definition) is 1. The Morgan fingerprint density at radius 2 is 2.04 bits per heavy atom. The van der Waals surface area contributed by atoms with Gasteiger partial charge in [0.15, 0.2) is 5.76 Å². The van der Waals surface area contributed by atoms with E-state index < -0.39 is 0 Å². The van der Waals surface area contributed by atoms with Crippen LogP contribution in [0, 0.1) is 6.92 Å². The number of pyridine rings is 1. The Balaban J connectivity index is 1.67. The third kappa shape index (κ3) is 3.66. The van der Waals surface area contributed by atoms with E-state index in [1.807, 2.05) is 36.1 Å². The molecule has 1 amide bonds. The number of amides is 1. The second kappa shape index (κ2) is 7.15. The van der Waals surface area contributed by atoms with Crippen LogP contribution in [0.2, 0.25) is 0 Å². The fraction of sp³-hybridized carbons (Fsp3) is 0.444. The molecule has 0 spiro atoms. The summed E-state index contributed by atoms with van der Waals surface area (Å²) in [5.74, 6) is 0.714. The topological polar surface area (TPSA) is 69.8 Å². The highest BCUT2D eigenvalue weighted by molar-refractivity contribution is 5.95. The summed E-state index contributed by atoms with van der Waals surface area (Å²) in [6.07, 6.45) is 1.27. The van der Waals surface area contributed by atoms with Crippen molar-refractivity contribution in [2.24, 2.45) is 0 Å². The number of aliphatic hydroxyl groups is 1. The molecular formula is C18H23N3O3. The minimum atomic E-state index is -0.340. The van der Waals surface area contributed by atoms with Gasteiger partial charge in [0.25, 0.3) is 5.91 Å². The zero-order valence-corrected chi connectivity index (χ0v) is 14.1. The van der Waals surface area contributed by atoms with Crippen molar-refractivity contribution >= 4 is 5.91 Å². The van der Waals surface area contributed by atoms with Crippen LogP contribution in [0.3, 0.4) is 0 Å². The summed E-state index contributed by atoms with van der Waals surface area (Å²) in [7, 11) is 0. The molecule has 6 nitrogen and oxygen atoms in total. The van der Waals surface area contributed by atoms with Gasteiger partial charge in [-0.25, -0.2) is 4.98 Å². The van der Waals surface area contributed by atoms with Gasteiger partial charge in [-0.1, -0.05) is 0 Å². The molecule has 0 radical (unpaired) electrons. The van der Waals surface area contributed by atoms with Gasteiger partial charge < -0.3 is 14.4 Å². The van der Waals surface area contributed by atoms with Crippen molar-refractivity contribution in [2.75, 3.05) is 32.7 Å². The van der Waals surface area contributed by atoms with Crippen LogP contribution >= 0.6 is 0 Å². The zero-order valence-electron chi connectivity index (χ0n) is 14.1. The van der Waals surface area contributed by atoms with Gasteiger partial charge in [0.2, 0.25) is 0 Å². The van der Waals surface area contributed by atoms with Crippen molar-refractivity contribution in [3.8, 4) is 11.5 Å². The number of aromatic nitrogens is 1. The molecule has 24 heavy (non-hydrogen) atoms. The molecule has 0 bridgehead atoms. The van der Waals surface area contributed by atoms with Crippen molar-refractivity contribution in [3.63, 3.8) is 0 Å². The number of aryl methyl sites for hydroxylation is 1. The lowest BCUT2D eigenvalue weighted by Gasteiger charge is -2.35. The minimum absolute atomic E-state index is 0.0164. The molecule has 1 aliphatic heterocycles. The molecule has 128 valence electrons. The maximum absolute atomic E-state index is 12.7. The van der Waals surface area contributed by atoms with E-state index in [2.05, 4.69) is 9.88 Å². The summed E-state index contributed by atoms with van der Waals surface area (Å²) >= 11 is 0. The Bertz CT molecular complexity index is 690. The van der Waals surface area contributed by atoms with E-state index in [0.29, 0.717) is 36.7 Å². The summed E-state index contributed by atoms with van der Waals surface area (Å²) in [4.78, 5) is 21.3. The number of carbonyl (C=O) groups excluding carboxylic acids is 1. The first-order valence-corrected chi connectivity index (χ1v) is 8.26. The van der Waals surface area contributed by atoms with Gasteiger partial charge in [0.05, 0.1) is 23.6 Å². The molecule has 0 saturated carbocycles. The van der Waals surface area contributed by atoms with Crippen LogP contribution in [0.1, 0.15) is 23.0 Å². The van der Waals surface area contributed by atoms with Gasteiger partial charge in [-0.05, 0) is 38.1 Å². The maximum Gasteiger partial charge on any atom is 0.255 e. The lowest BCUT2D eigenvalue weighted by molar-refractivity contribution is 0.0553. The first-order valence-electron chi connectivity index (χ1n) is 8.26. The van der Waals surface area contributed by atoms with Gasteiger partial charge in [-0.2, -0.15) is 0 Å². The van der Waals surface area contributed by atoms with E-state index in [0.717, 1.165) is 18.8 Å². The van der Waals surface area contributed by atoms with Crippen molar-refractivity contribution in [1.29, 1.82) is 0 Å². The van der Waals surface area contributed by atoms with Crippen LogP contribution in [0.5, 0.6) is 0 Å². The maximum atomic E-state index is 12.7. The summed E-state index contributed by atoms with van der Waals surface area (Å²) in [6, 6.07) is 7.32. The number of piperazine rings is 1. The molecule has 1 N–H and O–H groups in total. The average molecular weight is 329 g/mol. The number of rotatable bonds is 4. The van der Waals surface area contributed by atoms with E-state index >= 15 is 0 Å². The van der Waals surface area contributed by atoms with Gasteiger partial charge in [0, 0.05) is 32.7 Å². The predicted octanol–water partition coefficient (Wildman–Crippen LogP) is 1.79. The van der Waals surface area contributed by atoms with Gasteiger partial charge in [-0.15, -0.1) is 0 Å². The Labute approximate surface area is 141 Å². The second-order valence-corrected chi connectivity index (χ2v) is 6.25. The molecule has 0 aliphatic carbocycles. The van der Waals surface area contributed by atoms with E-state index in [1.165, 1.54) is 0 Å². The molecule has 2 aromatic heterocycles. The number of furan rings is 1. The molecule has 6 heteroatoms. The third-order valence-electron chi connectivity index (χ3n) is 4.27. The Morgan fingerprint density at radius 3 is 2.62 bits per heavy atom. The molecule has 3 heterocycles. The zero-order chi connectivity index (χ0) is 17.1. The SMILES string of the molecule is Cc1nc(-c2ccco2)ccc1C(=O)N1CCN(CC(C)O)CC1. The lowest BCUT2D eigenvalue weighted by atomic mass is 10.1. The summed E-state index contributed by atoms with van der Waals surface area (Å²) in [6.45, 7) is 7.20. The summed E-state index contributed by atoms with van der Waals surface area (Å²) in [5, 5.41) is 9.46. The average Bonchev–Trinajstić information content (AvgIpc) is 3.09.